The molecular formula is C12H15FN2. The van der Waals surface area contributed by atoms with Crippen LogP contribution < -0.4 is 5.32 Å². The van der Waals surface area contributed by atoms with E-state index in [1.54, 1.807) is 25.1 Å². The van der Waals surface area contributed by atoms with E-state index in [4.69, 9.17) is 5.26 Å². The van der Waals surface area contributed by atoms with Crippen molar-refractivity contribution in [3.05, 3.63) is 30.1 Å². The van der Waals surface area contributed by atoms with Crippen molar-refractivity contribution >= 4 is 5.69 Å². The highest BCUT2D eigenvalue weighted by Gasteiger charge is 2.28. The van der Waals surface area contributed by atoms with E-state index in [9.17, 15) is 4.39 Å². The maximum atomic E-state index is 13.3. The lowest BCUT2D eigenvalue weighted by Crippen LogP contribution is -2.38. The Morgan fingerprint density at radius 1 is 1.40 bits per heavy atom. The van der Waals surface area contributed by atoms with E-state index < -0.39 is 5.54 Å². The van der Waals surface area contributed by atoms with Gasteiger partial charge in [0.25, 0.3) is 0 Å². The Balaban J connectivity index is 2.96. The molecule has 1 N–H and O–H groups in total. The smallest absolute Gasteiger partial charge is 0.146 e. The Labute approximate surface area is 89.7 Å². The second-order valence-corrected chi connectivity index (χ2v) is 4.07. The number of halogens is 1. The van der Waals surface area contributed by atoms with E-state index in [0.29, 0.717) is 5.69 Å². The molecule has 0 bridgehead atoms. The minimum absolute atomic E-state index is 0.0992. The molecule has 0 fully saturated rings. The Hall–Kier alpha value is -1.56. The van der Waals surface area contributed by atoms with Crippen molar-refractivity contribution in [2.45, 2.75) is 26.3 Å². The van der Waals surface area contributed by atoms with Gasteiger partial charge in [-0.3, -0.25) is 0 Å². The van der Waals surface area contributed by atoms with Crippen LogP contribution in [0.2, 0.25) is 0 Å². The van der Waals surface area contributed by atoms with Gasteiger partial charge in [-0.2, -0.15) is 5.26 Å². The molecule has 2 nitrogen and oxygen atoms in total. The summed E-state index contributed by atoms with van der Waals surface area (Å²) in [5, 5.41) is 12.0. The van der Waals surface area contributed by atoms with E-state index in [2.05, 4.69) is 11.4 Å². The molecule has 80 valence electrons. The first kappa shape index (κ1) is 11.5. The molecule has 15 heavy (non-hydrogen) atoms. The molecule has 1 aromatic rings. The standard InChI is InChI=1S/C12H15FN2/c1-9(2)12(3,8-14)15-11-7-5-4-6-10(11)13/h4-7,9,15H,1-3H3. The largest absolute Gasteiger partial charge is 0.365 e. The van der Waals surface area contributed by atoms with E-state index in [1.807, 2.05) is 13.8 Å². The summed E-state index contributed by atoms with van der Waals surface area (Å²) in [6.45, 7) is 5.62. The molecule has 0 heterocycles. The first-order valence-electron chi connectivity index (χ1n) is 4.93. The number of rotatable bonds is 3. The van der Waals surface area contributed by atoms with Gasteiger partial charge in [0.1, 0.15) is 11.4 Å². The van der Waals surface area contributed by atoms with E-state index >= 15 is 0 Å². The molecule has 0 aliphatic carbocycles. The van der Waals surface area contributed by atoms with Crippen LogP contribution in [0.1, 0.15) is 20.8 Å². The fourth-order valence-electron chi connectivity index (χ4n) is 1.14. The third-order valence-corrected chi connectivity index (χ3v) is 2.66. The first-order valence-corrected chi connectivity index (χ1v) is 4.93. The normalized spacial score (nSPS) is 14.4. The molecule has 1 rings (SSSR count). The predicted molar refractivity (Wildman–Crippen MR) is 58.9 cm³/mol. The Morgan fingerprint density at radius 3 is 2.47 bits per heavy atom. The summed E-state index contributed by atoms with van der Waals surface area (Å²) in [5.74, 6) is -0.235. The molecule has 0 spiro atoms. The maximum absolute atomic E-state index is 13.3. The number of hydrogen-bond acceptors (Lipinski definition) is 2. The molecule has 3 heteroatoms. The number of hydrogen-bond donors (Lipinski definition) is 1. The lowest BCUT2D eigenvalue weighted by atomic mass is 9.90. The predicted octanol–water partition coefficient (Wildman–Crippen LogP) is 3.18. The zero-order chi connectivity index (χ0) is 11.5. The molecule has 0 saturated heterocycles. The van der Waals surface area contributed by atoms with Crippen LogP contribution in [0.3, 0.4) is 0 Å². The van der Waals surface area contributed by atoms with Crippen molar-refractivity contribution < 1.29 is 4.39 Å². The van der Waals surface area contributed by atoms with Crippen molar-refractivity contribution in [3.63, 3.8) is 0 Å². The molecule has 1 unspecified atom stereocenters. The van der Waals surface area contributed by atoms with Crippen molar-refractivity contribution in [1.82, 2.24) is 0 Å². The van der Waals surface area contributed by atoms with Crippen molar-refractivity contribution in [2.24, 2.45) is 5.92 Å². The molecule has 1 aromatic carbocycles. The molecule has 0 radical (unpaired) electrons. The van der Waals surface area contributed by atoms with Gasteiger partial charge < -0.3 is 5.32 Å². The Kier molecular flexibility index (Phi) is 3.31. The van der Waals surface area contributed by atoms with Crippen LogP contribution in [0.25, 0.3) is 0 Å². The summed E-state index contributed by atoms with van der Waals surface area (Å²) in [6, 6.07) is 8.55. The van der Waals surface area contributed by atoms with Crippen LogP contribution in [0, 0.1) is 23.1 Å². The average molecular weight is 206 g/mol. The first-order chi connectivity index (χ1) is 6.99. The zero-order valence-electron chi connectivity index (χ0n) is 9.21. The van der Waals surface area contributed by atoms with E-state index in [1.165, 1.54) is 6.07 Å². The second kappa shape index (κ2) is 4.31. The van der Waals surface area contributed by atoms with Gasteiger partial charge in [0, 0.05) is 0 Å². The summed E-state index contributed by atoms with van der Waals surface area (Å²) >= 11 is 0. The molecule has 0 amide bonds. The monoisotopic (exact) mass is 206 g/mol. The van der Waals surface area contributed by atoms with E-state index in [-0.39, 0.29) is 11.7 Å². The highest BCUT2D eigenvalue weighted by molar-refractivity contribution is 5.48. The molecule has 0 aliphatic heterocycles. The summed E-state index contributed by atoms with van der Waals surface area (Å²) < 4.78 is 13.3. The van der Waals surface area contributed by atoms with Gasteiger partial charge in [0.15, 0.2) is 0 Å². The second-order valence-electron chi connectivity index (χ2n) is 4.07. The fraction of sp³-hybridized carbons (Fsp3) is 0.417. The topological polar surface area (TPSA) is 35.8 Å². The van der Waals surface area contributed by atoms with Gasteiger partial charge in [-0.05, 0) is 25.0 Å². The number of anilines is 1. The van der Waals surface area contributed by atoms with Crippen LogP contribution in [-0.2, 0) is 0 Å². The minimum atomic E-state index is -0.748. The molecule has 1 atom stereocenters. The summed E-state index contributed by atoms with van der Waals surface area (Å²) in [6.07, 6.45) is 0. The fourth-order valence-corrected chi connectivity index (χ4v) is 1.14. The lowest BCUT2D eigenvalue weighted by Gasteiger charge is -2.28. The van der Waals surface area contributed by atoms with Crippen LogP contribution >= 0.6 is 0 Å². The number of nitrogens with zero attached hydrogens (tertiary/aromatic N) is 1. The number of benzene rings is 1. The average Bonchev–Trinajstić information content (AvgIpc) is 2.21. The van der Waals surface area contributed by atoms with Crippen LogP contribution in [-0.4, -0.2) is 5.54 Å². The van der Waals surface area contributed by atoms with E-state index in [0.717, 1.165) is 0 Å². The third-order valence-electron chi connectivity index (χ3n) is 2.66. The maximum Gasteiger partial charge on any atom is 0.146 e. The zero-order valence-corrected chi connectivity index (χ0v) is 9.21. The van der Waals surface area contributed by atoms with Gasteiger partial charge in [-0.15, -0.1) is 0 Å². The minimum Gasteiger partial charge on any atom is -0.365 e. The van der Waals surface area contributed by atoms with Gasteiger partial charge in [-0.1, -0.05) is 26.0 Å². The Bertz CT molecular complexity index is 381. The van der Waals surface area contributed by atoms with Crippen molar-refractivity contribution in [3.8, 4) is 6.07 Å². The SMILES string of the molecule is CC(C)C(C)(C#N)Nc1ccccc1F. The van der Waals surface area contributed by atoms with Crippen LogP contribution in [0.5, 0.6) is 0 Å². The number of nitrogens with one attached hydrogen (secondary N) is 1. The van der Waals surface area contributed by atoms with Gasteiger partial charge >= 0.3 is 0 Å². The lowest BCUT2D eigenvalue weighted by molar-refractivity contribution is 0.461. The molecule has 0 aromatic heterocycles. The highest BCUT2D eigenvalue weighted by Crippen LogP contribution is 2.23. The summed E-state index contributed by atoms with van der Waals surface area (Å²) in [4.78, 5) is 0. The van der Waals surface area contributed by atoms with Crippen LogP contribution in [0.4, 0.5) is 10.1 Å². The van der Waals surface area contributed by atoms with Gasteiger partial charge in [0.2, 0.25) is 0 Å². The molecule has 0 saturated carbocycles. The van der Waals surface area contributed by atoms with Gasteiger partial charge in [0.05, 0.1) is 11.8 Å². The summed E-state index contributed by atoms with van der Waals surface area (Å²) in [7, 11) is 0. The summed E-state index contributed by atoms with van der Waals surface area (Å²) in [5.41, 5.74) is -0.377. The highest BCUT2D eigenvalue weighted by atomic mass is 19.1. The van der Waals surface area contributed by atoms with Gasteiger partial charge in [-0.25, -0.2) is 4.39 Å². The number of para-hydroxylation sites is 1. The molecule has 0 aliphatic rings. The third kappa shape index (κ3) is 2.47. The quantitative estimate of drug-likeness (QED) is 0.824. The molecular weight excluding hydrogens is 191 g/mol. The Morgan fingerprint density at radius 2 is 2.00 bits per heavy atom. The van der Waals surface area contributed by atoms with Crippen molar-refractivity contribution in [2.75, 3.05) is 5.32 Å². The van der Waals surface area contributed by atoms with Crippen LogP contribution in [0.15, 0.2) is 24.3 Å². The number of nitriles is 1. The van der Waals surface area contributed by atoms with Crippen molar-refractivity contribution in [1.29, 1.82) is 5.26 Å².